The summed E-state index contributed by atoms with van der Waals surface area (Å²) in [5, 5.41) is 4.47. The second-order valence-corrected chi connectivity index (χ2v) is 9.10. The minimum absolute atomic E-state index is 0.331. The molecule has 3 heterocycles. The Bertz CT molecular complexity index is 1010. The van der Waals surface area contributed by atoms with Crippen molar-refractivity contribution in [3.05, 3.63) is 36.8 Å². The molecule has 1 saturated carbocycles. The van der Waals surface area contributed by atoms with Crippen LogP contribution in [0, 0.1) is 5.41 Å². The second-order valence-electron chi connectivity index (χ2n) is 8.02. The van der Waals surface area contributed by atoms with Crippen molar-refractivity contribution in [2.75, 3.05) is 25.1 Å². The number of aromatic nitrogens is 4. The number of anilines is 1. The minimum atomic E-state index is 0.331. The lowest BCUT2D eigenvalue weighted by molar-refractivity contribution is 0.196. The lowest BCUT2D eigenvalue weighted by Gasteiger charge is -2.42. The van der Waals surface area contributed by atoms with Crippen LogP contribution in [0.25, 0.3) is 5.65 Å². The third kappa shape index (κ3) is 3.24. The summed E-state index contributed by atoms with van der Waals surface area (Å²) in [6.45, 7) is 1.93. The number of hydrogen-bond donors (Lipinski definition) is 1. The zero-order valence-electron chi connectivity index (χ0n) is 16.6. The highest BCUT2D eigenvalue weighted by Crippen LogP contribution is 2.46. The Morgan fingerprint density at radius 2 is 1.97 bits per heavy atom. The number of ether oxygens (including phenoxy) is 1. The topological polar surface area (TPSA) is 81.6 Å². The van der Waals surface area contributed by atoms with Crippen LogP contribution in [-0.2, 0) is 0 Å². The van der Waals surface area contributed by atoms with E-state index in [9.17, 15) is 0 Å². The molecule has 1 atom stereocenters. The summed E-state index contributed by atoms with van der Waals surface area (Å²) in [7, 11) is 1.69. The zero-order chi connectivity index (χ0) is 19.8. The smallest absolute Gasteiger partial charge is 0.228 e. The molecule has 1 saturated heterocycles. The lowest BCUT2D eigenvalue weighted by Crippen LogP contribution is -2.47. The maximum atomic E-state index is 6.44. The van der Waals surface area contributed by atoms with Gasteiger partial charge in [-0.05, 0) is 43.2 Å². The highest BCUT2D eigenvalue weighted by molar-refractivity contribution is 7.99. The van der Waals surface area contributed by atoms with Crippen molar-refractivity contribution in [3.63, 3.8) is 0 Å². The number of para-hydroxylation sites is 1. The molecule has 0 unspecified atom stereocenters. The van der Waals surface area contributed by atoms with Gasteiger partial charge < -0.3 is 15.4 Å². The maximum Gasteiger partial charge on any atom is 0.228 e. The molecule has 1 aliphatic heterocycles. The van der Waals surface area contributed by atoms with Gasteiger partial charge >= 0.3 is 0 Å². The Balaban J connectivity index is 1.41. The summed E-state index contributed by atoms with van der Waals surface area (Å²) >= 11 is 1.60. The molecule has 2 aliphatic rings. The number of fused-ring (bicyclic) bond motifs is 1. The normalized spacial score (nSPS) is 21.2. The van der Waals surface area contributed by atoms with Gasteiger partial charge in [0.1, 0.15) is 12.1 Å². The van der Waals surface area contributed by atoms with Crippen LogP contribution in [0.5, 0.6) is 5.75 Å². The molecule has 7 nitrogen and oxygen atoms in total. The van der Waals surface area contributed by atoms with Crippen LogP contribution < -0.4 is 15.4 Å². The summed E-state index contributed by atoms with van der Waals surface area (Å²) in [6.07, 6.45) is 9.46. The van der Waals surface area contributed by atoms with E-state index >= 15 is 0 Å². The van der Waals surface area contributed by atoms with Crippen molar-refractivity contribution >= 4 is 23.4 Å². The van der Waals surface area contributed by atoms with Crippen LogP contribution in [0.15, 0.2) is 46.6 Å². The van der Waals surface area contributed by atoms with Crippen LogP contribution >= 0.6 is 11.8 Å². The molecule has 2 fully saturated rings. The highest BCUT2D eigenvalue weighted by atomic mass is 32.2. The van der Waals surface area contributed by atoms with E-state index in [1.165, 1.54) is 19.3 Å². The number of rotatable bonds is 4. The van der Waals surface area contributed by atoms with Crippen LogP contribution in [0.2, 0.25) is 0 Å². The van der Waals surface area contributed by atoms with E-state index in [2.05, 4.69) is 15.0 Å². The van der Waals surface area contributed by atoms with Crippen molar-refractivity contribution in [3.8, 4) is 5.75 Å². The fraction of sp³-hybridized carbons (Fsp3) is 0.476. The van der Waals surface area contributed by atoms with E-state index in [4.69, 9.17) is 15.5 Å². The van der Waals surface area contributed by atoms with Crippen molar-refractivity contribution in [1.29, 1.82) is 0 Å². The lowest BCUT2D eigenvalue weighted by atomic mass is 9.74. The van der Waals surface area contributed by atoms with E-state index in [0.717, 1.165) is 53.1 Å². The minimum Gasteiger partial charge on any atom is -0.496 e. The average molecular weight is 411 g/mol. The van der Waals surface area contributed by atoms with E-state index in [1.54, 1.807) is 25.2 Å². The van der Waals surface area contributed by atoms with Gasteiger partial charge in [-0.25, -0.2) is 9.97 Å². The Morgan fingerprint density at radius 1 is 1.14 bits per heavy atom. The number of piperidine rings is 1. The fourth-order valence-electron chi connectivity index (χ4n) is 4.83. The standard InChI is InChI=1S/C21H26N6OS/c1-28-15-5-2-3-6-16(15)29-17-13-23-20(27-19(17)24-14-25-27)26-11-9-21(10-12-26)8-4-7-18(21)22/h2-3,5-6,13-14,18H,4,7-12,22H2,1H3/t18-/m1/s1. The van der Waals surface area contributed by atoms with Crippen LogP contribution in [0.3, 0.4) is 0 Å². The molecule has 8 heteroatoms. The number of nitrogens with two attached hydrogens (primary N) is 1. The first-order chi connectivity index (χ1) is 14.2. The van der Waals surface area contributed by atoms with Crippen LogP contribution in [-0.4, -0.2) is 45.8 Å². The van der Waals surface area contributed by atoms with E-state index in [1.807, 2.05) is 35.0 Å². The first-order valence-corrected chi connectivity index (χ1v) is 11.0. The van der Waals surface area contributed by atoms with Gasteiger partial charge in [0.25, 0.3) is 0 Å². The molecule has 1 spiro atoms. The Labute approximate surface area is 174 Å². The number of nitrogens with zero attached hydrogens (tertiary/aromatic N) is 5. The number of methoxy groups -OCH3 is 1. The van der Waals surface area contributed by atoms with Crippen molar-refractivity contribution < 1.29 is 4.74 Å². The molecule has 152 valence electrons. The fourth-order valence-corrected chi connectivity index (χ4v) is 5.80. The molecule has 0 bridgehead atoms. The number of hydrogen-bond acceptors (Lipinski definition) is 7. The van der Waals surface area contributed by atoms with E-state index < -0.39 is 0 Å². The Morgan fingerprint density at radius 3 is 2.72 bits per heavy atom. The van der Waals surface area contributed by atoms with Gasteiger partial charge in [-0.15, -0.1) is 0 Å². The number of benzene rings is 1. The van der Waals surface area contributed by atoms with E-state index in [-0.39, 0.29) is 0 Å². The molecule has 1 aliphatic carbocycles. The van der Waals surface area contributed by atoms with Crippen LogP contribution in [0.1, 0.15) is 32.1 Å². The molecular weight excluding hydrogens is 384 g/mol. The molecule has 1 aromatic carbocycles. The first kappa shape index (κ1) is 18.7. The van der Waals surface area contributed by atoms with Gasteiger partial charge in [-0.1, -0.05) is 30.3 Å². The van der Waals surface area contributed by atoms with Gasteiger partial charge in [0.2, 0.25) is 5.95 Å². The third-order valence-corrected chi connectivity index (χ3v) is 7.63. The van der Waals surface area contributed by atoms with E-state index in [0.29, 0.717) is 11.5 Å². The molecule has 29 heavy (non-hydrogen) atoms. The zero-order valence-corrected chi connectivity index (χ0v) is 17.4. The molecule has 2 aromatic heterocycles. The predicted octanol–water partition coefficient (Wildman–Crippen LogP) is 3.38. The molecular formula is C21H26N6OS. The van der Waals surface area contributed by atoms with Gasteiger partial charge in [0.15, 0.2) is 5.65 Å². The Hall–Kier alpha value is -2.32. The molecule has 0 amide bonds. The van der Waals surface area contributed by atoms with Crippen molar-refractivity contribution in [2.24, 2.45) is 11.1 Å². The van der Waals surface area contributed by atoms with Gasteiger partial charge in [0, 0.05) is 25.3 Å². The first-order valence-electron chi connectivity index (χ1n) is 10.2. The summed E-state index contributed by atoms with van der Waals surface area (Å²) in [5.41, 5.74) is 7.60. The summed E-state index contributed by atoms with van der Waals surface area (Å²) in [4.78, 5) is 13.6. The van der Waals surface area contributed by atoms with Crippen molar-refractivity contribution in [2.45, 2.75) is 47.9 Å². The highest BCUT2D eigenvalue weighted by Gasteiger charge is 2.43. The van der Waals surface area contributed by atoms with Gasteiger partial charge in [-0.3, -0.25) is 0 Å². The summed E-state index contributed by atoms with van der Waals surface area (Å²) < 4.78 is 7.35. The average Bonchev–Trinajstić information content (AvgIpc) is 3.38. The summed E-state index contributed by atoms with van der Waals surface area (Å²) in [5.74, 6) is 1.71. The molecule has 5 rings (SSSR count). The van der Waals surface area contributed by atoms with Gasteiger partial charge in [-0.2, -0.15) is 9.61 Å². The van der Waals surface area contributed by atoms with Gasteiger partial charge in [0.05, 0.1) is 16.9 Å². The SMILES string of the molecule is COc1ccccc1Sc1cnc(N2CCC3(CCC[C@H]3N)CC2)n2ncnc12. The molecule has 3 aromatic rings. The predicted molar refractivity (Wildman–Crippen MR) is 114 cm³/mol. The molecule has 2 N–H and O–H groups in total. The monoisotopic (exact) mass is 410 g/mol. The maximum absolute atomic E-state index is 6.44. The third-order valence-electron chi connectivity index (χ3n) is 6.56. The largest absolute Gasteiger partial charge is 0.496 e. The second kappa shape index (κ2) is 7.50. The van der Waals surface area contributed by atoms with Crippen molar-refractivity contribution in [1.82, 2.24) is 19.6 Å². The molecule has 0 radical (unpaired) electrons. The Kier molecular flexibility index (Phi) is 4.83. The quantitative estimate of drug-likeness (QED) is 0.706. The summed E-state index contributed by atoms with van der Waals surface area (Å²) in [6, 6.07) is 8.33. The van der Waals surface area contributed by atoms with Crippen LogP contribution in [0.4, 0.5) is 5.95 Å².